The highest BCUT2D eigenvalue weighted by Crippen LogP contribution is 2.11. The molecule has 3 N–H and O–H groups in total. The fourth-order valence-corrected chi connectivity index (χ4v) is 2.63. The van der Waals surface area contributed by atoms with Gasteiger partial charge in [-0.15, -0.1) is 24.0 Å². The number of nitrogens with one attached hydrogen (secondary N) is 3. The van der Waals surface area contributed by atoms with Gasteiger partial charge in [-0.05, 0) is 51.1 Å². The molecule has 160 valence electrons. The molecule has 0 unspecified atom stereocenters. The van der Waals surface area contributed by atoms with Gasteiger partial charge in [0, 0.05) is 18.8 Å². The number of likely N-dealkylation sites (N-methyl/N-ethyl adjacent to an activating group) is 1. The first-order chi connectivity index (χ1) is 12.9. The Morgan fingerprint density at radius 3 is 2.57 bits per heavy atom. The Kier molecular flexibility index (Phi) is 14.8. The number of halogens is 1. The Bertz CT molecular complexity index is 590. The number of carbonyl (C=O) groups excluding carboxylic acids is 1. The third-order valence-electron chi connectivity index (χ3n) is 3.94. The van der Waals surface area contributed by atoms with E-state index in [4.69, 9.17) is 0 Å². The summed E-state index contributed by atoms with van der Waals surface area (Å²) in [5.74, 6) is 1.58. The van der Waals surface area contributed by atoms with Crippen molar-refractivity contribution in [2.45, 2.75) is 46.6 Å². The molecule has 7 heteroatoms. The van der Waals surface area contributed by atoms with Crippen LogP contribution in [0.3, 0.4) is 0 Å². The minimum Gasteiger partial charge on any atom is -0.357 e. The molecule has 0 saturated heterocycles. The predicted octanol–water partition coefficient (Wildman–Crippen LogP) is 3.69. The molecule has 1 amide bonds. The molecule has 28 heavy (non-hydrogen) atoms. The Hall–Kier alpha value is -1.35. The summed E-state index contributed by atoms with van der Waals surface area (Å²) in [6.45, 7) is 9.28. The number of rotatable bonds is 11. The molecule has 0 radical (unpaired) electrons. The molecule has 1 aromatic carbocycles. The van der Waals surface area contributed by atoms with Crippen LogP contribution in [0.1, 0.15) is 45.6 Å². The van der Waals surface area contributed by atoms with Crippen molar-refractivity contribution < 1.29 is 4.79 Å². The maximum absolute atomic E-state index is 11.9. The number of hydrogen-bond donors (Lipinski definition) is 3. The average Bonchev–Trinajstić information content (AvgIpc) is 2.58. The van der Waals surface area contributed by atoms with E-state index in [0.717, 1.165) is 42.6 Å². The summed E-state index contributed by atoms with van der Waals surface area (Å²) in [6.07, 6.45) is 3.65. The standard InChI is InChI=1S/C21H37N5O.HI/c1-6-22-21(23-13-8-7-10-17(2)3)24-15-18-11-9-12-19(14-18)25-20(27)16-26(4)5;/h9,11-12,14,17H,6-8,10,13,15-16H2,1-5H3,(H,25,27)(H2,22,23,24);1H. The normalized spacial score (nSPS) is 11.3. The van der Waals surface area contributed by atoms with E-state index in [1.807, 2.05) is 43.3 Å². The molecule has 6 nitrogen and oxygen atoms in total. The van der Waals surface area contributed by atoms with Crippen LogP contribution in [0.2, 0.25) is 0 Å². The lowest BCUT2D eigenvalue weighted by Crippen LogP contribution is -2.37. The highest BCUT2D eigenvalue weighted by atomic mass is 127. The van der Waals surface area contributed by atoms with Gasteiger partial charge in [-0.25, -0.2) is 4.99 Å². The number of aliphatic imine (C=N–C) groups is 1. The van der Waals surface area contributed by atoms with E-state index in [1.165, 1.54) is 12.8 Å². The minimum absolute atomic E-state index is 0. The van der Waals surface area contributed by atoms with Crippen LogP contribution >= 0.6 is 24.0 Å². The van der Waals surface area contributed by atoms with Gasteiger partial charge >= 0.3 is 0 Å². The van der Waals surface area contributed by atoms with E-state index in [9.17, 15) is 4.79 Å². The van der Waals surface area contributed by atoms with Gasteiger partial charge in [0.05, 0.1) is 13.1 Å². The van der Waals surface area contributed by atoms with Crippen LogP contribution in [0.15, 0.2) is 29.3 Å². The fraction of sp³-hybridized carbons (Fsp3) is 0.619. The van der Waals surface area contributed by atoms with E-state index in [1.54, 1.807) is 0 Å². The Morgan fingerprint density at radius 1 is 1.18 bits per heavy atom. The van der Waals surface area contributed by atoms with Crippen LogP contribution in [0.4, 0.5) is 5.69 Å². The second-order valence-corrected chi connectivity index (χ2v) is 7.50. The number of amides is 1. The number of guanidine groups is 1. The number of anilines is 1. The SMILES string of the molecule is CCNC(=NCc1cccc(NC(=O)CN(C)C)c1)NCCCCC(C)C.I. The average molecular weight is 503 g/mol. The van der Waals surface area contributed by atoms with Crippen molar-refractivity contribution in [3.05, 3.63) is 29.8 Å². The largest absolute Gasteiger partial charge is 0.357 e. The molecule has 1 aromatic rings. The van der Waals surface area contributed by atoms with Gasteiger partial charge < -0.3 is 20.9 Å². The second kappa shape index (κ2) is 15.6. The smallest absolute Gasteiger partial charge is 0.238 e. The van der Waals surface area contributed by atoms with Crippen molar-refractivity contribution in [1.29, 1.82) is 0 Å². The van der Waals surface area contributed by atoms with Crippen LogP contribution in [0, 0.1) is 5.92 Å². The van der Waals surface area contributed by atoms with Crippen molar-refractivity contribution in [1.82, 2.24) is 15.5 Å². The van der Waals surface area contributed by atoms with Crippen molar-refractivity contribution in [2.75, 3.05) is 39.0 Å². The Labute approximate surface area is 188 Å². The molecule has 0 fully saturated rings. The summed E-state index contributed by atoms with van der Waals surface area (Å²) < 4.78 is 0. The number of unbranched alkanes of at least 4 members (excludes halogenated alkanes) is 1. The van der Waals surface area contributed by atoms with Crippen LogP contribution in [0.25, 0.3) is 0 Å². The quantitative estimate of drug-likeness (QED) is 0.187. The van der Waals surface area contributed by atoms with Gasteiger partial charge in [0.25, 0.3) is 0 Å². The first kappa shape index (κ1) is 26.6. The van der Waals surface area contributed by atoms with E-state index in [-0.39, 0.29) is 29.9 Å². The lowest BCUT2D eigenvalue weighted by atomic mass is 10.1. The van der Waals surface area contributed by atoms with E-state index < -0.39 is 0 Å². The fourth-order valence-electron chi connectivity index (χ4n) is 2.63. The monoisotopic (exact) mass is 503 g/mol. The van der Waals surface area contributed by atoms with Crippen molar-refractivity contribution in [2.24, 2.45) is 10.9 Å². The number of nitrogens with zero attached hydrogens (tertiary/aromatic N) is 2. The molecule has 0 aliphatic rings. The highest BCUT2D eigenvalue weighted by Gasteiger charge is 2.04. The van der Waals surface area contributed by atoms with Gasteiger partial charge in [-0.1, -0.05) is 38.8 Å². The van der Waals surface area contributed by atoms with Crippen molar-refractivity contribution >= 4 is 41.5 Å². The third kappa shape index (κ3) is 12.9. The molecule has 0 aliphatic heterocycles. The summed E-state index contributed by atoms with van der Waals surface area (Å²) in [4.78, 5) is 18.4. The number of benzene rings is 1. The summed E-state index contributed by atoms with van der Waals surface area (Å²) in [5.41, 5.74) is 1.87. The van der Waals surface area contributed by atoms with Gasteiger partial charge in [0.1, 0.15) is 0 Å². The summed E-state index contributed by atoms with van der Waals surface area (Å²) in [7, 11) is 3.76. The minimum atomic E-state index is -0.0166. The van der Waals surface area contributed by atoms with Gasteiger partial charge in [-0.2, -0.15) is 0 Å². The van der Waals surface area contributed by atoms with Crippen LogP contribution in [-0.4, -0.2) is 50.5 Å². The molecule has 0 saturated carbocycles. The van der Waals surface area contributed by atoms with E-state index in [0.29, 0.717) is 13.1 Å². The second-order valence-electron chi connectivity index (χ2n) is 7.50. The Balaban J connectivity index is 0.00000729. The molecule has 0 atom stereocenters. The van der Waals surface area contributed by atoms with Crippen LogP contribution in [0.5, 0.6) is 0 Å². The maximum Gasteiger partial charge on any atom is 0.238 e. The lowest BCUT2D eigenvalue weighted by Gasteiger charge is -2.12. The number of carbonyl (C=O) groups is 1. The predicted molar refractivity (Wildman–Crippen MR) is 131 cm³/mol. The molecular formula is C21H38IN5O. The first-order valence-electron chi connectivity index (χ1n) is 9.96. The topological polar surface area (TPSA) is 68.8 Å². The molecule has 0 heterocycles. The maximum atomic E-state index is 11.9. The van der Waals surface area contributed by atoms with Gasteiger partial charge in [-0.3, -0.25) is 4.79 Å². The first-order valence-corrected chi connectivity index (χ1v) is 9.96. The summed E-state index contributed by atoms with van der Waals surface area (Å²) >= 11 is 0. The molecule has 0 aromatic heterocycles. The molecular weight excluding hydrogens is 465 g/mol. The molecule has 0 spiro atoms. The lowest BCUT2D eigenvalue weighted by molar-refractivity contribution is -0.116. The number of hydrogen-bond acceptors (Lipinski definition) is 3. The zero-order valence-corrected chi connectivity index (χ0v) is 20.4. The highest BCUT2D eigenvalue weighted by molar-refractivity contribution is 14.0. The molecule has 0 bridgehead atoms. The van der Waals surface area contributed by atoms with Crippen LogP contribution < -0.4 is 16.0 Å². The van der Waals surface area contributed by atoms with Crippen LogP contribution in [-0.2, 0) is 11.3 Å². The van der Waals surface area contributed by atoms with Crippen molar-refractivity contribution in [3.8, 4) is 0 Å². The zero-order chi connectivity index (χ0) is 20.1. The summed E-state index contributed by atoms with van der Waals surface area (Å²) in [5, 5.41) is 9.60. The van der Waals surface area contributed by atoms with E-state index in [2.05, 4.69) is 41.7 Å². The van der Waals surface area contributed by atoms with Gasteiger partial charge in [0.2, 0.25) is 5.91 Å². The van der Waals surface area contributed by atoms with Gasteiger partial charge in [0.15, 0.2) is 5.96 Å². The zero-order valence-electron chi connectivity index (χ0n) is 18.0. The summed E-state index contributed by atoms with van der Waals surface area (Å²) in [6, 6.07) is 7.85. The van der Waals surface area contributed by atoms with Crippen molar-refractivity contribution in [3.63, 3.8) is 0 Å². The third-order valence-corrected chi connectivity index (χ3v) is 3.94. The van der Waals surface area contributed by atoms with E-state index >= 15 is 0 Å². The molecule has 1 rings (SSSR count). The molecule has 0 aliphatic carbocycles. The Morgan fingerprint density at radius 2 is 1.93 bits per heavy atom.